The summed E-state index contributed by atoms with van der Waals surface area (Å²) < 4.78 is 12.7. The Kier molecular flexibility index (Phi) is 7.74. The molecule has 3 heterocycles. The fourth-order valence-corrected chi connectivity index (χ4v) is 3.79. The van der Waals surface area contributed by atoms with Gasteiger partial charge in [0, 0.05) is 24.0 Å². The Balaban J connectivity index is 1.67. The van der Waals surface area contributed by atoms with E-state index in [1.54, 1.807) is 20.5 Å². The summed E-state index contributed by atoms with van der Waals surface area (Å²) in [5.41, 5.74) is 5.50. The van der Waals surface area contributed by atoms with Crippen molar-refractivity contribution in [1.82, 2.24) is 19.7 Å². The summed E-state index contributed by atoms with van der Waals surface area (Å²) in [4.78, 5) is 13.7. The zero-order chi connectivity index (χ0) is 24.6. The number of rotatable bonds is 5. The van der Waals surface area contributed by atoms with Crippen molar-refractivity contribution in [2.45, 2.75) is 39.5 Å². The van der Waals surface area contributed by atoms with Crippen molar-refractivity contribution in [1.29, 1.82) is 0 Å². The number of benzene rings is 1. The Morgan fingerprint density at radius 1 is 1.00 bits per heavy atom. The molecule has 1 aliphatic heterocycles. The van der Waals surface area contributed by atoms with Crippen LogP contribution in [0.2, 0.25) is 0 Å². The van der Waals surface area contributed by atoms with Gasteiger partial charge in [-0.2, -0.15) is 5.10 Å². The third-order valence-corrected chi connectivity index (χ3v) is 5.61. The highest BCUT2D eigenvalue weighted by Crippen LogP contribution is 2.28. The van der Waals surface area contributed by atoms with Gasteiger partial charge in [-0.15, -0.1) is 0 Å². The Hall–Kier alpha value is -4.18. The number of methoxy groups -OCH3 is 2. The van der Waals surface area contributed by atoms with Crippen LogP contribution in [0.15, 0.2) is 65.7 Å². The third kappa shape index (κ3) is 6.24. The number of pyridine rings is 1. The van der Waals surface area contributed by atoms with E-state index in [4.69, 9.17) is 14.5 Å². The van der Waals surface area contributed by atoms with Crippen molar-refractivity contribution in [2.24, 2.45) is 4.99 Å². The largest absolute Gasteiger partial charge is 0.493 e. The topological polar surface area (TPSA) is 74.4 Å². The first kappa shape index (κ1) is 24.0. The minimum atomic E-state index is 0.598. The van der Waals surface area contributed by atoms with Crippen LogP contribution in [0.1, 0.15) is 48.8 Å². The predicted molar refractivity (Wildman–Crippen MR) is 138 cm³/mol. The molecule has 0 radical (unpaired) electrons. The lowest BCUT2D eigenvalue weighted by Crippen LogP contribution is -2.08. The minimum absolute atomic E-state index is 0.598. The number of aromatic nitrogens is 4. The second-order valence-corrected chi connectivity index (χ2v) is 8.30. The molecule has 3 aromatic rings. The van der Waals surface area contributed by atoms with E-state index in [0.717, 1.165) is 47.6 Å². The Labute approximate surface area is 206 Å². The van der Waals surface area contributed by atoms with Gasteiger partial charge < -0.3 is 9.47 Å². The van der Waals surface area contributed by atoms with Crippen LogP contribution in [0, 0.1) is 18.8 Å². The fourth-order valence-electron chi connectivity index (χ4n) is 3.79. The molecule has 2 aromatic heterocycles. The second kappa shape index (κ2) is 11.3. The molecule has 1 aliphatic rings. The van der Waals surface area contributed by atoms with Crippen LogP contribution in [0.5, 0.6) is 11.5 Å². The number of hydrogen-bond acceptors (Lipinski definition) is 6. The molecule has 178 valence electrons. The molecule has 0 N–H and O–H groups in total. The van der Waals surface area contributed by atoms with Crippen molar-refractivity contribution in [2.75, 3.05) is 14.2 Å². The molecule has 0 saturated carbocycles. The van der Waals surface area contributed by atoms with Gasteiger partial charge in [-0.05, 0) is 80.4 Å². The number of nitrogens with zero attached hydrogens (tertiary/aromatic N) is 5. The Morgan fingerprint density at radius 3 is 2.63 bits per heavy atom. The maximum absolute atomic E-state index is 5.46. The average molecular weight is 468 g/mol. The molecular formula is C28H29N5O2. The van der Waals surface area contributed by atoms with Crippen molar-refractivity contribution in [3.63, 3.8) is 0 Å². The van der Waals surface area contributed by atoms with Gasteiger partial charge in [-0.25, -0.2) is 19.6 Å². The Bertz CT molecular complexity index is 1340. The van der Waals surface area contributed by atoms with Crippen molar-refractivity contribution in [3.8, 4) is 23.3 Å². The van der Waals surface area contributed by atoms with Crippen molar-refractivity contribution >= 4 is 11.4 Å². The highest BCUT2D eigenvalue weighted by Gasteiger charge is 2.13. The summed E-state index contributed by atoms with van der Waals surface area (Å²) >= 11 is 0. The molecule has 0 aliphatic carbocycles. The Morgan fingerprint density at radius 2 is 1.86 bits per heavy atom. The quantitative estimate of drug-likeness (QED) is 0.493. The molecule has 0 unspecified atom stereocenters. The van der Waals surface area contributed by atoms with E-state index in [2.05, 4.69) is 33.0 Å². The average Bonchev–Trinajstić information content (AvgIpc) is 3.35. The normalized spacial score (nSPS) is 18.2. The fraction of sp³-hybridized carbons (Fsp3) is 0.286. The van der Waals surface area contributed by atoms with Crippen molar-refractivity contribution in [3.05, 3.63) is 83.4 Å². The van der Waals surface area contributed by atoms with Crippen LogP contribution in [0.3, 0.4) is 0 Å². The molecule has 0 bridgehead atoms. The maximum Gasteiger partial charge on any atom is 0.161 e. The standard InChI is InChI=1S/C28H29N5O2/c1-20-9-11-23(29-18-20)12-13-24-17-25(8-6-5-7-21(2)32-24)33-28(30-19-31-33)16-22-10-14-26(34-3)27(15-22)35-4/h7,9-11,14-15,17-19H,5-6,8,16H2,1-4H3/b21-7-,25-17+,32-24-. The van der Waals surface area contributed by atoms with Gasteiger partial charge in [0.15, 0.2) is 11.5 Å². The molecule has 35 heavy (non-hydrogen) atoms. The van der Waals surface area contributed by atoms with Gasteiger partial charge in [0.2, 0.25) is 0 Å². The number of ether oxygens (including phenoxy) is 2. The van der Waals surface area contributed by atoms with Crippen LogP contribution < -0.4 is 9.47 Å². The maximum atomic E-state index is 5.46. The van der Waals surface area contributed by atoms with Crippen LogP contribution >= 0.6 is 0 Å². The molecular weight excluding hydrogens is 438 g/mol. The van der Waals surface area contributed by atoms with E-state index in [1.807, 2.05) is 61.1 Å². The van der Waals surface area contributed by atoms with E-state index in [0.29, 0.717) is 29.3 Å². The first-order valence-electron chi connectivity index (χ1n) is 11.6. The summed E-state index contributed by atoms with van der Waals surface area (Å²) in [6.45, 7) is 4.01. The highest BCUT2D eigenvalue weighted by molar-refractivity contribution is 6.12. The number of hydrogen-bond donors (Lipinski definition) is 0. The van der Waals surface area contributed by atoms with E-state index in [-0.39, 0.29) is 0 Å². The smallest absolute Gasteiger partial charge is 0.161 e. The molecule has 1 aromatic carbocycles. The monoisotopic (exact) mass is 467 g/mol. The molecule has 0 fully saturated rings. The summed E-state index contributed by atoms with van der Waals surface area (Å²) in [6, 6.07) is 9.81. The lowest BCUT2D eigenvalue weighted by Gasteiger charge is -2.12. The van der Waals surface area contributed by atoms with Gasteiger partial charge in [-0.3, -0.25) is 0 Å². The van der Waals surface area contributed by atoms with Crippen LogP contribution in [-0.4, -0.2) is 39.7 Å². The van der Waals surface area contributed by atoms with Crippen molar-refractivity contribution < 1.29 is 9.47 Å². The number of aryl methyl sites for hydroxylation is 1. The van der Waals surface area contributed by atoms with Crippen LogP contribution in [0.4, 0.5) is 0 Å². The first-order valence-corrected chi connectivity index (χ1v) is 11.6. The summed E-state index contributed by atoms with van der Waals surface area (Å²) in [5.74, 6) is 8.56. The molecule has 4 rings (SSSR count). The molecule has 7 nitrogen and oxygen atoms in total. The third-order valence-electron chi connectivity index (χ3n) is 5.61. The molecule has 0 amide bonds. The SMILES string of the molecule is COc1ccc(Cc2ncnn2/C2=C/C(C#Cc3ccc(C)cn3)=N\C(C)=C/CCC2)cc1OC. The summed E-state index contributed by atoms with van der Waals surface area (Å²) in [7, 11) is 3.27. The summed E-state index contributed by atoms with van der Waals surface area (Å²) in [6.07, 6.45) is 10.9. The zero-order valence-corrected chi connectivity index (χ0v) is 20.6. The zero-order valence-electron chi connectivity index (χ0n) is 20.6. The van der Waals surface area contributed by atoms with Crippen LogP contribution in [-0.2, 0) is 6.42 Å². The molecule has 0 spiro atoms. The first-order chi connectivity index (χ1) is 17.1. The number of aliphatic imine (C=N–C) groups is 1. The van der Waals surface area contributed by atoms with E-state index in [1.165, 1.54) is 0 Å². The molecule has 7 heteroatoms. The molecule has 0 saturated heterocycles. The predicted octanol–water partition coefficient (Wildman–Crippen LogP) is 5.01. The van der Waals surface area contributed by atoms with Gasteiger partial charge in [0.1, 0.15) is 23.6 Å². The second-order valence-electron chi connectivity index (χ2n) is 8.30. The minimum Gasteiger partial charge on any atom is -0.493 e. The van der Waals surface area contributed by atoms with E-state index in [9.17, 15) is 0 Å². The highest BCUT2D eigenvalue weighted by atomic mass is 16.5. The lowest BCUT2D eigenvalue weighted by atomic mass is 10.1. The van der Waals surface area contributed by atoms with E-state index < -0.39 is 0 Å². The summed E-state index contributed by atoms with van der Waals surface area (Å²) in [5, 5.41) is 4.55. The van der Waals surface area contributed by atoms with Gasteiger partial charge in [0.05, 0.1) is 14.2 Å². The molecule has 0 atom stereocenters. The number of allylic oxidation sites excluding steroid dienone is 4. The van der Waals surface area contributed by atoms with Crippen LogP contribution in [0.25, 0.3) is 5.70 Å². The van der Waals surface area contributed by atoms with Gasteiger partial charge in [0.25, 0.3) is 0 Å². The van der Waals surface area contributed by atoms with Gasteiger partial charge >= 0.3 is 0 Å². The van der Waals surface area contributed by atoms with Gasteiger partial charge in [-0.1, -0.05) is 18.2 Å². The lowest BCUT2D eigenvalue weighted by molar-refractivity contribution is 0.354. The van der Waals surface area contributed by atoms with E-state index >= 15 is 0 Å².